The number of halogens is 2. The second kappa shape index (κ2) is 9.21. The largest absolute Gasteiger partial charge is 0.457 e. The van der Waals surface area contributed by atoms with Gasteiger partial charge in [-0.15, -0.1) is 0 Å². The fourth-order valence-electron chi connectivity index (χ4n) is 3.61. The van der Waals surface area contributed by atoms with E-state index in [0.29, 0.717) is 32.8 Å². The summed E-state index contributed by atoms with van der Waals surface area (Å²) in [6, 6.07) is 22.6. The number of benzene rings is 3. The highest BCUT2D eigenvalue weighted by atomic mass is 35.5. The average Bonchev–Trinajstić information content (AvgIpc) is 3.48. The lowest BCUT2D eigenvalue weighted by Crippen LogP contribution is -2.09. The van der Waals surface area contributed by atoms with Crippen LogP contribution < -0.4 is 5.32 Å². The summed E-state index contributed by atoms with van der Waals surface area (Å²) < 4.78 is 5.81. The van der Waals surface area contributed by atoms with E-state index in [2.05, 4.69) is 15.3 Å². The highest BCUT2D eigenvalue weighted by Crippen LogP contribution is 2.34. The number of amides is 1. The van der Waals surface area contributed by atoms with E-state index in [1.165, 1.54) is 6.08 Å². The van der Waals surface area contributed by atoms with Crippen LogP contribution in [0, 0.1) is 6.92 Å². The quantitative estimate of drug-likeness (QED) is 0.249. The molecule has 34 heavy (non-hydrogen) atoms. The minimum Gasteiger partial charge on any atom is -0.457 e. The summed E-state index contributed by atoms with van der Waals surface area (Å²) in [5, 5.41) is 3.81. The zero-order valence-electron chi connectivity index (χ0n) is 18.1. The van der Waals surface area contributed by atoms with Gasteiger partial charge in [0.15, 0.2) is 0 Å². The molecule has 0 unspecified atom stereocenters. The van der Waals surface area contributed by atoms with Crippen molar-refractivity contribution in [1.82, 2.24) is 9.97 Å². The van der Waals surface area contributed by atoms with Gasteiger partial charge in [-0.1, -0.05) is 53.5 Å². The molecule has 5 aromatic rings. The van der Waals surface area contributed by atoms with Crippen LogP contribution in [0.3, 0.4) is 0 Å². The predicted molar refractivity (Wildman–Crippen MR) is 138 cm³/mol. The smallest absolute Gasteiger partial charge is 0.248 e. The molecule has 0 aliphatic heterocycles. The summed E-state index contributed by atoms with van der Waals surface area (Å²) in [5.41, 5.74) is 5.08. The van der Waals surface area contributed by atoms with Crippen molar-refractivity contribution < 1.29 is 9.21 Å². The maximum absolute atomic E-state index is 12.6. The molecule has 168 valence electrons. The second-order valence-electron chi connectivity index (χ2n) is 7.76. The fraction of sp³-hybridized carbons (Fsp3) is 0.0370. The maximum atomic E-state index is 12.6. The van der Waals surface area contributed by atoms with E-state index in [9.17, 15) is 4.79 Å². The fourth-order valence-corrected chi connectivity index (χ4v) is 4.00. The standard InChI is InChI=1S/C27H19Cl2N3O2/c1-16-9-10-17(27-31-21-7-2-3-8-22(21)32-27)15-23(16)30-25(33)14-12-18-11-13-24(34-18)19-5-4-6-20(28)26(19)29/h2-15H,1H3,(H,30,33)(H,31,32). The molecule has 0 saturated heterocycles. The first-order valence-corrected chi connectivity index (χ1v) is 11.3. The molecule has 2 N–H and O–H groups in total. The van der Waals surface area contributed by atoms with Gasteiger partial charge in [-0.05, 0) is 61.0 Å². The van der Waals surface area contributed by atoms with Gasteiger partial charge in [0.1, 0.15) is 17.3 Å². The van der Waals surface area contributed by atoms with E-state index in [0.717, 1.165) is 28.0 Å². The maximum Gasteiger partial charge on any atom is 0.248 e. The highest BCUT2D eigenvalue weighted by Gasteiger charge is 2.11. The van der Waals surface area contributed by atoms with Crippen LogP contribution in [0.2, 0.25) is 10.0 Å². The van der Waals surface area contributed by atoms with E-state index >= 15 is 0 Å². The van der Waals surface area contributed by atoms with Crippen LogP contribution in [0.5, 0.6) is 0 Å². The zero-order valence-corrected chi connectivity index (χ0v) is 19.6. The number of aryl methyl sites for hydroxylation is 1. The number of aromatic nitrogens is 2. The van der Waals surface area contributed by atoms with E-state index in [-0.39, 0.29) is 5.91 Å². The number of aromatic amines is 1. The first-order chi connectivity index (χ1) is 16.5. The van der Waals surface area contributed by atoms with Crippen LogP contribution in [0.4, 0.5) is 5.69 Å². The van der Waals surface area contributed by atoms with Crippen LogP contribution in [-0.4, -0.2) is 15.9 Å². The third kappa shape index (κ3) is 4.49. The van der Waals surface area contributed by atoms with Crippen molar-refractivity contribution in [2.45, 2.75) is 6.92 Å². The minimum absolute atomic E-state index is 0.274. The molecule has 0 aliphatic carbocycles. The number of hydrogen-bond donors (Lipinski definition) is 2. The van der Waals surface area contributed by atoms with Crippen LogP contribution in [0.15, 0.2) is 83.3 Å². The van der Waals surface area contributed by atoms with E-state index in [4.69, 9.17) is 27.6 Å². The number of rotatable bonds is 5. The Balaban J connectivity index is 1.32. The highest BCUT2D eigenvalue weighted by molar-refractivity contribution is 6.43. The van der Waals surface area contributed by atoms with E-state index in [1.54, 1.807) is 30.3 Å². The van der Waals surface area contributed by atoms with Gasteiger partial charge >= 0.3 is 0 Å². The first-order valence-electron chi connectivity index (χ1n) is 10.6. The molecular weight excluding hydrogens is 469 g/mol. The van der Waals surface area contributed by atoms with Gasteiger partial charge in [-0.2, -0.15) is 0 Å². The third-order valence-electron chi connectivity index (χ3n) is 5.40. The number of fused-ring (bicyclic) bond motifs is 1. The van der Waals surface area contributed by atoms with Crippen molar-refractivity contribution in [3.8, 4) is 22.7 Å². The number of furan rings is 1. The molecule has 5 nitrogen and oxygen atoms in total. The second-order valence-corrected chi connectivity index (χ2v) is 8.54. The summed E-state index contributed by atoms with van der Waals surface area (Å²) in [5.74, 6) is 1.56. The van der Waals surface area contributed by atoms with Gasteiger partial charge in [0.2, 0.25) is 5.91 Å². The normalized spacial score (nSPS) is 11.4. The summed E-state index contributed by atoms with van der Waals surface area (Å²) in [6.45, 7) is 1.94. The van der Waals surface area contributed by atoms with Crippen molar-refractivity contribution in [2.75, 3.05) is 5.32 Å². The lowest BCUT2D eigenvalue weighted by Gasteiger charge is -2.08. The Kier molecular flexibility index (Phi) is 5.97. The molecule has 1 amide bonds. The van der Waals surface area contributed by atoms with E-state index in [1.807, 2.05) is 55.5 Å². The Morgan fingerprint density at radius 2 is 1.88 bits per heavy atom. The number of nitrogens with zero attached hydrogens (tertiary/aromatic N) is 1. The zero-order chi connectivity index (χ0) is 23.7. The number of carbonyl (C=O) groups excluding carboxylic acids is 1. The van der Waals surface area contributed by atoms with Gasteiger partial charge in [0.05, 0.1) is 21.1 Å². The van der Waals surface area contributed by atoms with Gasteiger partial charge in [-0.25, -0.2) is 4.98 Å². The number of H-pyrrole nitrogens is 1. The summed E-state index contributed by atoms with van der Waals surface area (Å²) in [6.07, 6.45) is 3.03. The molecule has 0 spiro atoms. The molecule has 2 aromatic heterocycles. The van der Waals surface area contributed by atoms with Gasteiger partial charge < -0.3 is 14.7 Å². The Morgan fingerprint density at radius 1 is 1.03 bits per heavy atom. The molecule has 0 saturated carbocycles. The molecule has 5 rings (SSSR count). The summed E-state index contributed by atoms with van der Waals surface area (Å²) >= 11 is 12.4. The van der Waals surface area contributed by atoms with Crippen molar-refractivity contribution in [3.63, 3.8) is 0 Å². The molecule has 0 bridgehead atoms. The molecular formula is C27H19Cl2N3O2. The Bertz CT molecular complexity index is 1520. The lowest BCUT2D eigenvalue weighted by molar-refractivity contribution is -0.111. The molecule has 0 atom stereocenters. The predicted octanol–water partition coefficient (Wildman–Crippen LogP) is 7.76. The first kappa shape index (κ1) is 22.0. The van der Waals surface area contributed by atoms with Crippen molar-refractivity contribution >= 4 is 51.9 Å². The van der Waals surface area contributed by atoms with E-state index < -0.39 is 0 Å². The SMILES string of the molecule is Cc1ccc(-c2nc3ccccc3[nH]2)cc1NC(=O)C=Cc1ccc(-c2cccc(Cl)c2Cl)o1. The molecule has 0 aliphatic rings. The van der Waals surface area contributed by atoms with Crippen molar-refractivity contribution in [3.05, 3.63) is 100 Å². The number of para-hydroxylation sites is 2. The Hall–Kier alpha value is -3.80. The average molecular weight is 488 g/mol. The Morgan fingerprint density at radius 3 is 2.74 bits per heavy atom. The molecule has 7 heteroatoms. The van der Waals surface area contributed by atoms with Gasteiger partial charge in [0.25, 0.3) is 0 Å². The van der Waals surface area contributed by atoms with Crippen LogP contribution >= 0.6 is 23.2 Å². The molecule has 2 heterocycles. The van der Waals surface area contributed by atoms with Crippen molar-refractivity contribution in [2.24, 2.45) is 0 Å². The van der Waals surface area contributed by atoms with Gasteiger partial charge in [0, 0.05) is 22.9 Å². The number of imidazole rings is 1. The van der Waals surface area contributed by atoms with Crippen molar-refractivity contribution in [1.29, 1.82) is 0 Å². The summed E-state index contributed by atoms with van der Waals surface area (Å²) in [7, 11) is 0. The minimum atomic E-state index is -0.274. The number of carbonyl (C=O) groups is 1. The number of hydrogen-bond acceptors (Lipinski definition) is 3. The van der Waals surface area contributed by atoms with Crippen LogP contribution in [0.1, 0.15) is 11.3 Å². The third-order valence-corrected chi connectivity index (χ3v) is 6.22. The topological polar surface area (TPSA) is 70.9 Å². The van der Waals surface area contributed by atoms with Gasteiger partial charge in [-0.3, -0.25) is 4.79 Å². The van der Waals surface area contributed by atoms with Crippen LogP contribution in [0.25, 0.3) is 39.8 Å². The Labute approximate surface area is 206 Å². The van der Waals surface area contributed by atoms with Crippen LogP contribution in [-0.2, 0) is 4.79 Å². The molecule has 3 aromatic carbocycles. The lowest BCUT2D eigenvalue weighted by atomic mass is 10.1. The monoisotopic (exact) mass is 487 g/mol. The summed E-state index contributed by atoms with van der Waals surface area (Å²) in [4.78, 5) is 20.5. The molecule has 0 fully saturated rings. The number of nitrogens with one attached hydrogen (secondary N) is 2. The molecule has 0 radical (unpaired) electrons. The number of anilines is 1.